The first-order valence-electron chi connectivity index (χ1n) is 10.5. The van der Waals surface area contributed by atoms with Crippen molar-refractivity contribution in [2.24, 2.45) is 0 Å². The highest BCUT2D eigenvalue weighted by molar-refractivity contribution is 7.92. The molecule has 0 aliphatic carbocycles. The number of sulfonamides is 1. The number of benzene rings is 1. The van der Waals surface area contributed by atoms with E-state index in [1.807, 2.05) is 0 Å². The van der Waals surface area contributed by atoms with Gasteiger partial charge in [0.1, 0.15) is 5.52 Å². The van der Waals surface area contributed by atoms with E-state index in [0.29, 0.717) is 32.2 Å². The number of hydrogen-bond donors (Lipinski definition) is 1. The Bertz CT molecular complexity index is 1420. The van der Waals surface area contributed by atoms with Gasteiger partial charge in [-0.15, -0.1) is 0 Å². The Kier molecular flexibility index (Phi) is 6.89. The topological polar surface area (TPSA) is 105 Å². The van der Waals surface area contributed by atoms with Crippen LogP contribution in [0.4, 0.5) is 38.0 Å². The van der Waals surface area contributed by atoms with Gasteiger partial charge in [-0.2, -0.15) is 34.8 Å². The molecule has 1 aliphatic rings. The van der Waals surface area contributed by atoms with Crippen LogP contribution < -0.4 is 14.7 Å². The van der Waals surface area contributed by atoms with Crippen LogP contribution in [0, 0.1) is 0 Å². The van der Waals surface area contributed by atoms with Crippen LogP contribution in [0.3, 0.4) is 0 Å². The zero-order chi connectivity index (χ0) is 27.0. The van der Waals surface area contributed by atoms with Crippen molar-refractivity contribution in [2.45, 2.75) is 17.2 Å². The van der Waals surface area contributed by atoms with Gasteiger partial charge in [0.05, 0.1) is 10.5 Å². The molecular weight excluding hydrogens is 532 g/mol. The second-order valence-corrected chi connectivity index (χ2v) is 9.50. The minimum absolute atomic E-state index is 0.0851. The molecular formula is C21H17F6N5O4S. The van der Waals surface area contributed by atoms with Crippen molar-refractivity contribution in [2.75, 3.05) is 35.5 Å². The monoisotopic (exact) mass is 549 g/mol. The summed E-state index contributed by atoms with van der Waals surface area (Å²) in [7, 11) is -5.33. The molecule has 1 saturated heterocycles. The molecule has 0 amide bonds. The van der Waals surface area contributed by atoms with Crippen LogP contribution in [-0.2, 0) is 25.8 Å². The van der Waals surface area contributed by atoms with Crippen LogP contribution in [0.25, 0.3) is 10.9 Å². The second kappa shape index (κ2) is 9.66. The second-order valence-electron chi connectivity index (χ2n) is 7.75. The predicted molar refractivity (Wildman–Crippen MR) is 118 cm³/mol. The van der Waals surface area contributed by atoms with Gasteiger partial charge < -0.3 is 15.1 Å². The molecule has 0 unspecified atom stereocenters. The molecule has 1 N–H and O–H groups in total. The molecule has 1 fully saturated rings. The minimum Gasteiger partial charge on any atom is -0.352 e. The molecule has 3 heterocycles. The minimum atomic E-state index is -5.62. The van der Waals surface area contributed by atoms with Crippen LogP contribution in [0.15, 0.2) is 53.6 Å². The molecule has 0 spiro atoms. The maximum absolute atomic E-state index is 13.3. The third-order valence-corrected chi connectivity index (χ3v) is 6.78. The summed E-state index contributed by atoms with van der Waals surface area (Å²) in [6.45, 7) is 1.78. The number of anilines is 2. The van der Waals surface area contributed by atoms with E-state index in [2.05, 4.69) is 20.1 Å². The number of halogens is 6. The number of carbonyl (C=O) groups excluding carboxylic acids is 1. The van der Waals surface area contributed by atoms with Crippen molar-refractivity contribution < 1.29 is 44.4 Å². The standard InChI is InChI=1S/C21H17F6N5O4S/c22-20(23,24)14-4-1-5-15(12-14)37(34,35)32(36-19(33)21(25,26)27)16-11-13-3-2-6-29-17(13)18(30-16)31-9-7-28-8-10-31/h1-6,11-12,28H,7-10H2. The zero-order valence-electron chi connectivity index (χ0n) is 18.5. The van der Waals surface area contributed by atoms with Crippen molar-refractivity contribution in [1.82, 2.24) is 15.3 Å². The number of piperazine rings is 1. The van der Waals surface area contributed by atoms with Crippen LogP contribution in [0.2, 0.25) is 0 Å². The lowest BCUT2D eigenvalue weighted by molar-refractivity contribution is -0.199. The molecule has 0 radical (unpaired) electrons. The molecule has 9 nitrogen and oxygen atoms in total. The maximum atomic E-state index is 13.3. The van der Waals surface area contributed by atoms with Crippen molar-refractivity contribution >= 4 is 38.5 Å². The normalized spacial score (nSPS) is 15.0. The number of nitrogens with one attached hydrogen (secondary N) is 1. The van der Waals surface area contributed by atoms with E-state index in [1.54, 1.807) is 4.90 Å². The number of rotatable bonds is 5. The molecule has 2 aromatic heterocycles. The summed E-state index contributed by atoms with van der Waals surface area (Å²) in [6.07, 6.45) is -9.15. The Labute approximate surface area is 205 Å². The van der Waals surface area contributed by atoms with Gasteiger partial charge in [-0.1, -0.05) is 16.6 Å². The summed E-state index contributed by atoms with van der Waals surface area (Å²) < 4.78 is 105. The van der Waals surface area contributed by atoms with Crippen LogP contribution in [0.1, 0.15) is 5.56 Å². The van der Waals surface area contributed by atoms with E-state index in [9.17, 15) is 39.6 Å². The first-order valence-corrected chi connectivity index (χ1v) is 12.0. The highest BCUT2D eigenvalue weighted by Crippen LogP contribution is 2.34. The van der Waals surface area contributed by atoms with Crippen LogP contribution in [0.5, 0.6) is 0 Å². The first kappa shape index (κ1) is 26.4. The molecule has 198 valence electrons. The average Bonchev–Trinajstić information content (AvgIpc) is 2.86. The summed E-state index contributed by atoms with van der Waals surface area (Å²) >= 11 is 0. The average molecular weight is 549 g/mol. The smallest absolute Gasteiger partial charge is 0.352 e. The highest BCUT2D eigenvalue weighted by atomic mass is 32.2. The summed E-state index contributed by atoms with van der Waals surface area (Å²) in [5.41, 5.74) is -1.10. The Morgan fingerprint density at radius 1 is 1.03 bits per heavy atom. The van der Waals surface area contributed by atoms with Gasteiger partial charge in [-0.05, 0) is 30.3 Å². The molecule has 0 saturated carbocycles. The van der Waals surface area contributed by atoms with E-state index >= 15 is 0 Å². The fraction of sp³-hybridized carbons (Fsp3) is 0.286. The number of pyridine rings is 2. The van der Waals surface area contributed by atoms with Crippen molar-refractivity contribution in [1.29, 1.82) is 0 Å². The van der Waals surface area contributed by atoms with E-state index in [4.69, 9.17) is 0 Å². The first-order chi connectivity index (χ1) is 17.3. The fourth-order valence-corrected chi connectivity index (χ4v) is 4.74. The quantitative estimate of drug-likeness (QED) is 0.382. The largest absolute Gasteiger partial charge is 0.493 e. The third kappa shape index (κ3) is 5.53. The number of carbonyl (C=O) groups is 1. The lowest BCUT2D eigenvalue weighted by Gasteiger charge is -2.30. The molecule has 16 heteroatoms. The Balaban J connectivity index is 1.91. The summed E-state index contributed by atoms with van der Waals surface area (Å²) in [4.78, 5) is 24.9. The number of alkyl halides is 6. The molecule has 4 rings (SSSR count). The molecule has 1 aliphatic heterocycles. The number of nitrogens with zero attached hydrogens (tertiary/aromatic N) is 4. The Hall–Kier alpha value is -3.66. The van der Waals surface area contributed by atoms with E-state index < -0.39 is 49.1 Å². The maximum Gasteiger partial charge on any atom is 0.493 e. The van der Waals surface area contributed by atoms with Gasteiger partial charge >= 0.3 is 18.3 Å². The van der Waals surface area contributed by atoms with E-state index in [0.717, 1.165) is 18.2 Å². The molecule has 0 bridgehead atoms. The van der Waals surface area contributed by atoms with Crippen LogP contribution >= 0.6 is 0 Å². The fourth-order valence-electron chi connectivity index (χ4n) is 3.52. The van der Waals surface area contributed by atoms with E-state index in [1.165, 1.54) is 18.3 Å². The van der Waals surface area contributed by atoms with Gasteiger partial charge in [-0.3, -0.25) is 4.98 Å². The van der Waals surface area contributed by atoms with Crippen molar-refractivity contribution in [3.8, 4) is 0 Å². The number of hydrogen-bond acceptors (Lipinski definition) is 8. The highest BCUT2D eigenvalue weighted by Gasteiger charge is 2.45. The van der Waals surface area contributed by atoms with Gasteiger partial charge in [0, 0.05) is 37.8 Å². The predicted octanol–water partition coefficient (Wildman–Crippen LogP) is 3.27. The molecule has 3 aromatic rings. The van der Waals surface area contributed by atoms with Gasteiger partial charge in [0.2, 0.25) is 0 Å². The van der Waals surface area contributed by atoms with Gasteiger partial charge in [0.25, 0.3) is 10.0 Å². The third-order valence-electron chi connectivity index (χ3n) is 5.23. The van der Waals surface area contributed by atoms with Crippen molar-refractivity contribution in [3.05, 3.63) is 54.2 Å². The SMILES string of the molecule is O=C(ON(c1cc2cccnc2c(N2CCNCC2)n1)S(=O)(=O)c1cccc(C(F)(F)F)c1)C(F)(F)F. The zero-order valence-corrected chi connectivity index (χ0v) is 19.4. The molecule has 1 aromatic carbocycles. The number of aromatic nitrogens is 2. The Morgan fingerprint density at radius 2 is 1.73 bits per heavy atom. The van der Waals surface area contributed by atoms with Crippen LogP contribution in [-0.4, -0.2) is 56.7 Å². The summed E-state index contributed by atoms with van der Waals surface area (Å²) in [6, 6.07) is 6.21. The lowest BCUT2D eigenvalue weighted by atomic mass is 10.2. The van der Waals surface area contributed by atoms with Gasteiger partial charge in [0.15, 0.2) is 11.6 Å². The van der Waals surface area contributed by atoms with Crippen molar-refractivity contribution in [3.63, 3.8) is 0 Å². The molecule has 37 heavy (non-hydrogen) atoms. The number of fused-ring (bicyclic) bond motifs is 1. The summed E-state index contributed by atoms with van der Waals surface area (Å²) in [5, 5.41) is 3.32. The van der Waals surface area contributed by atoms with E-state index in [-0.39, 0.29) is 22.8 Å². The van der Waals surface area contributed by atoms with Gasteiger partial charge in [-0.25, -0.2) is 9.78 Å². The Morgan fingerprint density at radius 3 is 2.38 bits per heavy atom. The lowest BCUT2D eigenvalue weighted by Crippen LogP contribution is -2.44. The molecule has 0 atom stereocenters. The summed E-state index contributed by atoms with van der Waals surface area (Å²) in [5.74, 6) is -3.62.